The second-order valence-corrected chi connectivity index (χ2v) is 5.71. The maximum Gasteiger partial charge on any atom is 0.337 e. The van der Waals surface area contributed by atoms with Gasteiger partial charge in [0.2, 0.25) is 0 Å². The van der Waals surface area contributed by atoms with Gasteiger partial charge in [0.15, 0.2) is 0 Å². The highest BCUT2D eigenvalue weighted by Crippen LogP contribution is 2.24. The van der Waals surface area contributed by atoms with Crippen LogP contribution in [-0.2, 0) is 6.42 Å². The van der Waals surface area contributed by atoms with Crippen molar-refractivity contribution in [3.8, 4) is 0 Å². The predicted octanol–water partition coefficient (Wildman–Crippen LogP) is 4.16. The molecule has 0 saturated carbocycles. The third-order valence-electron chi connectivity index (χ3n) is 3.89. The van der Waals surface area contributed by atoms with E-state index in [-0.39, 0.29) is 5.56 Å². The first-order valence-corrected chi connectivity index (χ1v) is 8.02. The molecule has 1 heterocycles. The van der Waals surface area contributed by atoms with Gasteiger partial charge in [0.1, 0.15) is 0 Å². The van der Waals surface area contributed by atoms with Crippen LogP contribution in [0.4, 0.5) is 0 Å². The van der Waals surface area contributed by atoms with Crippen LogP contribution in [0.15, 0.2) is 72.8 Å². The van der Waals surface area contributed by atoms with Crippen LogP contribution in [0.3, 0.4) is 0 Å². The Balaban J connectivity index is 2.02. The first-order chi connectivity index (χ1) is 12.1. The minimum absolute atomic E-state index is 0.198. The minimum atomic E-state index is -0.984. The second-order valence-electron chi connectivity index (χ2n) is 5.71. The lowest BCUT2D eigenvalue weighted by Gasteiger charge is -2.09. The summed E-state index contributed by atoms with van der Waals surface area (Å²) in [5.41, 5.74) is 4.44. The van der Waals surface area contributed by atoms with Crippen LogP contribution in [0.1, 0.15) is 32.9 Å². The van der Waals surface area contributed by atoms with E-state index in [9.17, 15) is 9.90 Å². The van der Waals surface area contributed by atoms with Gasteiger partial charge in [0.05, 0.1) is 17.0 Å². The maximum absolute atomic E-state index is 11.5. The normalized spacial score (nSPS) is 10.3. The number of allylic oxidation sites excluding steroid dienone is 1. The van der Waals surface area contributed by atoms with Gasteiger partial charge in [-0.05, 0) is 29.7 Å². The molecule has 4 nitrogen and oxygen atoms in total. The molecular formula is C21H18N2O2. The molecule has 0 aliphatic heterocycles. The standard InChI is InChI=1S/C21H18N2O2/c1-15-14-19(21(24)25)20(23-22-15)13-12-18(16-8-4-2-5-9-16)17-10-6-3-7-11-17/h2-12,14H,13H2,1H3,(H,24,25). The lowest BCUT2D eigenvalue weighted by atomic mass is 9.96. The van der Waals surface area contributed by atoms with E-state index in [2.05, 4.69) is 10.2 Å². The number of nitrogens with zero attached hydrogens (tertiary/aromatic N) is 2. The Morgan fingerprint density at radius 2 is 1.52 bits per heavy atom. The van der Waals surface area contributed by atoms with Gasteiger partial charge in [-0.15, -0.1) is 0 Å². The number of benzene rings is 2. The van der Waals surface area contributed by atoms with Gasteiger partial charge in [-0.1, -0.05) is 66.7 Å². The van der Waals surface area contributed by atoms with Crippen molar-refractivity contribution < 1.29 is 9.90 Å². The Kier molecular flexibility index (Phi) is 5.00. The van der Waals surface area contributed by atoms with Crippen molar-refractivity contribution in [2.45, 2.75) is 13.3 Å². The van der Waals surface area contributed by atoms with E-state index >= 15 is 0 Å². The smallest absolute Gasteiger partial charge is 0.337 e. The lowest BCUT2D eigenvalue weighted by Crippen LogP contribution is -2.07. The molecule has 0 aliphatic carbocycles. The summed E-state index contributed by atoms with van der Waals surface area (Å²) >= 11 is 0. The van der Waals surface area contributed by atoms with Gasteiger partial charge in [-0.2, -0.15) is 10.2 Å². The van der Waals surface area contributed by atoms with Crippen molar-refractivity contribution in [1.82, 2.24) is 10.2 Å². The van der Waals surface area contributed by atoms with Crippen LogP contribution < -0.4 is 0 Å². The minimum Gasteiger partial charge on any atom is -0.478 e. The van der Waals surface area contributed by atoms with Gasteiger partial charge >= 0.3 is 5.97 Å². The zero-order valence-electron chi connectivity index (χ0n) is 13.9. The first-order valence-electron chi connectivity index (χ1n) is 8.02. The summed E-state index contributed by atoms with van der Waals surface area (Å²) in [7, 11) is 0. The fraction of sp³-hybridized carbons (Fsp3) is 0.0952. The number of aryl methyl sites for hydroxylation is 1. The molecule has 0 spiro atoms. The topological polar surface area (TPSA) is 63.1 Å². The fourth-order valence-corrected chi connectivity index (χ4v) is 2.69. The molecule has 0 atom stereocenters. The highest BCUT2D eigenvalue weighted by atomic mass is 16.4. The van der Waals surface area contributed by atoms with E-state index < -0.39 is 5.97 Å². The molecule has 0 aliphatic rings. The van der Waals surface area contributed by atoms with E-state index in [0.717, 1.165) is 16.7 Å². The molecule has 0 radical (unpaired) electrons. The van der Waals surface area contributed by atoms with Crippen molar-refractivity contribution in [2.75, 3.05) is 0 Å². The van der Waals surface area contributed by atoms with Crippen molar-refractivity contribution in [1.29, 1.82) is 0 Å². The quantitative estimate of drug-likeness (QED) is 0.763. The SMILES string of the molecule is Cc1cc(C(=O)O)c(CC=C(c2ccccc2)c2ccccc2)nn1. The number of hydrogen-bond acceptors (Lipinski definition) is 3. The Morgan fingerprint density at radius 3 is 2.04 bits per heavy atom. The third-order valence-corrected chi connectivity index (χ3v) is 3.89. The van der Waals surface area contributed by atoms with E-state index in [4.69, 9.17) is 0 Å². The molecule has 3 aromatic rings. The zero-order chi connectivity index (χ0) is 17.6. The fourth-order valence-electron chi connectivity index (χ4n) is 2.69. The zero-order valence-corrected chi connectivity index (χ0v) is 13.9. The summed E-state index contributed by atoms with van der Waals surface area (Å²) in [5.74, 6) is -0.984. The van der Waals surface area contributed by atoms with E-state index in [0.29, 0.717) is 17.8 Å². The lowest BCUT2D eigenvalue weighted by molar-refractivity contribution is 0.0695. The Bertz CT molecular complexity index is 862. The maximum atomic E-state index is 11.5. The summed E-state index contributed by atoms with van der Waals surface area (Å²) in [5, 5.41) is 17.5. The van der Waals surface area contributed by atoms with Crippen LogP contribution in [0.2, 0.25) is 0 Å². The summed E-state index contributed by atoms with van der Waals surface area (Å²) in [6.45, 7) is 1.73. The van der Waals surface area contributed by atoms with Crippen LogP contribution >= 0.6 is 0 Å². The van der Waals surface area contributed by atoms with E-state index in [1.807, 2.05) is 66.7 Å². The number of aromatic carboxylic acids is 1. The van der Waals surface area contributed by atoms with Crippen molar-refractivity contribution in [3.63, 3.8) is 0 Å². The van der Waals surface area contributed by atoms with Gasteiger partial charge in [-0.3, -0.25) is 0 Å². The molecule has 25 heavy (non-hydrogen) atoms. The molecule has 1 N–H and O–H groups in total. The number of carboxylic acids is 1. The number of aromatic nitrogens is 2. The molecule has 4 heteroatoms. The van der Waals surface area contributed by atoms with Gasteiger partial charge in [-0.25, -0.2) is 4.79 Å². The summed E-state index contributed by atoms with van der Waals surface area (Å²) < 4.78 is 0. The van der Waals surface area contributed by atoms with Crippen LogP contribution in [0.25, 0.3) is 5.57 Å². The molecule has 0 unspecified atom stereocenters. The molecule has 1 aromatic heterocycles. The highest BCUT2D eigenvalue weighted by Gasteiger charge is 2.13. The number of hydrogen-bond donors (Lipinski definition) is 1. The first kappa shape index (κ1) is 16.6. The second kappa shape index (κ2) is 7.53. The molecule has 124 valence electrons. The molecule has 3 rings (SSSR count). The summed E-state index contributed by atoms with van der Waals surface area (Å²) in [4.78, 5) is 11.5. The van der Waals surface area contributed by atoms with Gasteiger partial charge in [0, 0.05) is 6.42 Å². The van der Waals surface area contributed by atoms with Crippen molar-refractivity contribution in [3.05, 3.63) is 101 Å². The predicted molar refractivity (Wildman–Crippen MR) is 97.4 cm³/mol. The monoisotopic (exact) mass is 330 g/mol. The number of carboxylic acid groups (broad SMARTS) is 1. The molecular weight excluding hydrogens is 312 g/mol. The number of carbonyl (C=O) groups is 1. The van der Waals surface area contributed by atoms with Crippen LogP contribution in [0, 0.1) is 6.92 Å². The summed E-state index contributed by atoms with van der Waals surface area (Å²) in [6.07, 6.45) is 2.41. The average molecular weight is 330 g/mol. The third kappa shape index (κ3) is 3.98. The van der Waals surface area contributed by atoms with E-state index in [1.165, 1.54) is 0 Å². The largest absolute Gasteiger partial charge is 0.478 e. The Hall–Kier alpha value is -3.27. The van der Waals surface area contributed by atoms with Crippen LogP contribution in [-0.4, -0.2) is 21.3 Å². The van der Waals surface area contributed by atoms with Crippen LogP contribution in [0.5, 0.6) is 0 Å². The highest BCUT2D eigenvalue weighted by molar-refractivity contribution is 5.89. The Morgan fingerprint density at radius 1 is 0.960 bits per heavy atom. The molecule has 0 fully saturated rings. The average Bonchev–Trinajstić information content (AvgIpc) is 2.64. The van der Waals surface area contributed by atoms with E-state index in [1.54, 1.807) is 13.0 Å². The Labute approximate surface area is 146 Å². The number of rotatable bonds is 5. The van der Waals surface area contributed by atoms with Crippen molar-refractivity contribution in [2.24, 2.45) is 0 Å². The molecule has 0 amide bonds. The van der Waals surface area contributed by atoms with Gasteiger partial charge < -0.3 is 5.11 Å². The van der Waals surface area contributed by atoms with Gasteiger partial charge in [0.25, 0.3) is 0 Å². The molecule has 2 aromatic carbocycles. The molecule has 0 saturated heterocycles. The molecule has 0 bridgehead atoms. The summed E-state index contributed by atoms with van der Waals surface area (Å²) in [6, 6.07) is 21.6. The van der Waals surface area contributed by atoms with Crippen molar-refractivity contribution >= 4 is 11.5 Å².